The van der Waals surface area contributed by atoms with Gasteiger partial charge in [0, 0.05) is 0 Å². The van der Waals surface area contributed by atoms with Crippen LogP contribution in [0.3, 0.4) is 0 Å². The maximum Gasteiger partial charge on any atom is 0.260 e. The van der Waals surface area contributed by atoms with Gasteiger partial charge < -0.3 is 19.5 Å². The Balaban J connectivity index is 1.71. The molecule has 0 saturated carbocycles. The Bertz CT molecular complexity index is 717. The number of hydrogen-bond acceptors (Lipinski definition) is 4. The van der Waals surface area contributed by atoms with E-state index in [0.29, 0.717) is 18.9 Å². The van der Waals surface area contributed by atoms with E-state index in [9.17, 15) is 4.79 Å². The van der Waals surface area contributed by atoms with Gasteiger partial charge in [0.15, 0.2) is 6.10 Å². The average Bonchev–Trinajstić information content (AvgIpc) is 2.65. The minimum absolute atomic E-state index is 0.118. The SMILES string of the molecule is COc1ccc(O[C@@H](C)C(=O)NCCOc2ccc(C(C)(C)C)cc2)cc1. The molecule has 0 aliphatic rings. The topological polar surface area (TPSA) is 56.8 Å². The van der Waals surface area contributed by atoms with Crippen LogP contribution >= 0.6 is 0 Å². The van der Waals surface area contributed by atoms with Gasteiger partial charge in [0.25, 0.3) is 5.91 Å². The third-order valence-corrected chi connectivity index (χ3v) is 4.13. The highest BCUT2D eigenvalue weighted by Crippen LogP contribution is 2.24. The summed E-state index contributed by atoms with van der Waals surface area (Å²) in [6, 6.07) is 15.2. The van der Waals surface area contributed by atoms with Crippen LogP contribution in [0.5, 0.6) is 17.2 Å². The average molecular weight is 371 g/mol. The van der Waals surface area contributed by atoms with Gasteiger partial charge in [0.05, 0.1) is 13.7 Å². The zero-order chi connectivity index (χ0) is 19.9. The molecular weight excluding hydrogens is 342 g/mol. The summed E-state index contributed by atoms with van der Waals surface area (Å²) in [6.07, 6.45) is -0.593. The van der Waals surface area contributed by atoms with E-state index < -0.39 is 6.10 Å². The van der Waals surface area contributed by atoms with Crippen molar-refractivity contribution in [2.45, 2.75) is 39.2 Å². The highest BCUT2D eigenvalue weighted by molar-refractivity contribution is 5.80. The summed E-state index contributed by atoms with van der Waals surface area (Å²) in [5, 5.41) is 2.82. The van der Waals surface area contributed by atoms with Crippen LogP contribution in [-0.2, 0) is 10.2 Å². The summed E-state index contributed by atoms with van der Waals surface area (Å²) in [5.41, 5.74) is 1.37. The fourth-order valence-corrected chi connectivity index (χ4v) is 2.45. The van der Waals surface area contributed by atoms with E-state index in [1.807, 2.05) is 12.1 Å². The predicted molar refractivity (Wildman–Crippen MR) is 107 cm³/mol. The first-order chi connectivity index (χ1) is 12.8. The molecule has 0 unspecified atom stereocenters. The second kappa shape index (κ2) is 9.31. The minimum atomic E-state index is -0.593. The number of rotatable bonds is 8. The normalized spacial score (nSPS) is 12.2. The predicted octanol–water partition coefficient (Wildman–Crippen LogP) is 3.96. The number of ether oxygens (including phenoxy) is 3. The second-order valence-electron chi connectivity index (χ2n) is 7.35. The molecule has 0 aliphatic heterocycles. The van der Waals surface area contributed by atoms with E-state index >= 15 is 0 Å². The van der Waals surface area contributed by atoms with Gasteiger partial charge in [-0.25, -0.2) is 0 Å². The van der Waals surface area contributed by atoms with Gasteiger partial charge in [0.2, 0.25) is 0 Å². The van der Waals surface area contributed by atoms with Crippen LogP contribution in [0.2, 0.25) is 0 Å². The molecule has 2 aromatic carbocycles. The number of methoxy groups -OCH3 is 1. The lowest BCUT2D eigenvalue weighted by atomic mass is 9.87. The number of amides is 1. The fourth-order valence-electron chi connectivity index (χ4n) is 2.45. The van der Waals surface area contributed by atoms with E-state index in [4.69, 9.17) is 14.2 Å². The molecule has 1 N–H and O–H groups in total. The third kappa shape index (κ3) is 6.51. The van der Waals surface area contributed by atoms with Crippen molar-refractivity contribution in [3.8, 4) is 17.2 Å². The zero-order valence-corrected chi connectivity index (χ0v) is 16.7. The number of hydrogen-bond donors (Lipinski definition) is 1. The lowest BCUT2D eigenvalue weighted by Gasteiger charge is -2.19. The highest BCUT2D eigenvalue weighted by atomic mass is 16.5. The molecule has 0 radical (unpaired) electrons. The maximum absolute atomic E-state index is 12.1. The molecule has 0 saturated heterocycles. The van der Waals surface area contributed by atoms with E-state index in [-0.39, 0.29) is 11.3 Å². The van der Waals surface area contributed by atoms with Crippen LogP contribution in [0, 0.1) is 0 Å². The summed E-state index contributed by atoms with van der Waals surface area (Å²) in [6.45, 7) is 9.05. The van der Waals surface area contributed by atoms with Crippen LogP contribution < -0.4 is 19.5 Å². The molecule has 2 aromatic rings. The van der Waals surface area contributed by atoms with Crippen molar-refractivity contribution in [2.75, 3.05) is 20.3 Å². The van der Waals surface area contributed by atoms with Crippen LogP contribution in [0.1, 0.15) is 33.3 Å². The van der Waals surface area contributed by atoms with Crippen molar-refractivity contribution in [3.63, 3.8) is 0 Å². The van der Waals surface area contributed by atoms with Crippen LogP contribution in [0.25, 0.3) is 0 Å². The van der Waals surface area contributed by atoms with Crippen molar-refractivity contribution >= 4 is 5.91 Å². The van der Waals surface area contributed by atoms with Gasteiger partial charge >= 0.3 is 0 Å². The summed E-state index contributed by atoms with van der Waals surface area (Å²) in [4.78, 5) is 12.1. The van der Waals surface area contributed by atoms with Gasteiger partial charge in [-0.1, -0.05) is 32.9 Å². The van der Waals surface area contributed by atoms with Crippen molar-refractivity contribution in [2.24, 2.45) is 0 Å². The van der Waals surface area contributed by atoms with Crippen LogP contribution in [-0.4, -0.2) is 32.3 Å². The molecular formula is C22H29NO4. The first kappa shape index (κ1) is 20.6. The lowest BCUT2D eigenvalue weighted by molar-refractivity contribution is -0.127. The van der Waals surface area contributed by atoms with E-state index in [1.165, 1.54) is 5.56 Å². The summed E-state index contributed by atoms with van der Waals surface area (Å²) >= 11 is 0. The molecule has 0 bridgehead atoms. The minimum Gasteiger partial charge on any atom is -0.497 e. The van der Waals surface area contributed by atoms with Crippen molar-refractivity contribution < 1.29 is 19.0 Å². The fraction of sp³-hybridized carbons (Fsp3) is 0.409. The molecule has 146 valence electrons. The van der Waals surface area contributed by atoms with Crippen molar-refractivity contribution in [1.82, 2.24) is 5.32 Å². The molecule has 2 rings (SSSR count). The smallest absolute Gasteiger partial charge is 0.260 e. The molecule has 0 aliphatic carbocycles. The third-order valence-electron chi connectivity index (χ3n) is 4.13. The highest BCUT2D eigenvalue weighted by Gasteiger charge is 2.15. The molecule has 5 heteroatoms. The summed E-state index contributed by atoms with van der Waals surface area (Å²) < 4.78 is 16.4. The Kier molecular flexibility index (Phi) is 7.11. The second-order valence-corrected chi connectivity index (χ2v) is 7.35. The van der Waals surface area contributed by atoms with E-state index in [0.717, 1.165) is 11.5 Å². The molecule has 0 heterocycles. The Morgan fingerprint density at radius 2 is 1.52 bits per heavy atom. The lowest BCUT2D eigenvalue weighted by Crippen LogP contribution is -2.38. The number of carbonyl (C=O) groups is 1. The largest absolute Gasteiger partial charge is 0.497 e. The molecule has 0 aromatic heterocycles. The first-order valence-corrected chi connectivity index (χ1v) is 9.11. The maximum atomic E-state index is 12.1. The van der Waals surface area contributed by atoms with Gasteiger partial charge in [0.1, 0.15) is 23.9 Å². The standard InChI is InChI=1S/C22H29NO4/c1-16(27-20-12-10-18(25-5)11-13-20)21(24)23-14-15-26-19-8-6-17(7-9-19)22(2,3)4/h6-13,16H,14-15H2,1-5H3,(H,23,24)/t16-/m0/s1. The Morgan fingerprint density at radius 1 is 0.963 bits per heavy atom. The number of nitrogens with one attached hydrogen (secondary N) is 1. The molecule has 27 heavy (non-hydrogen) atoms. The van der Waals surface area contributed by atoms with Gasteiger partial charge in [-0.05, 0) is 54.3 Å². The van der Waals surface area contributed by atoms with E-state index in [2.05, 4.69) is 38.2 Å². The zero-order valence-electron chi connectivity index (χ0n) is 16.7. The Labute approximate surface area is 161 Å². The first-order valence-electron chi connectivity index (χ1n) is 9.11. The monoisotopic (exact) mass is 371 g/mol. The van der Waals surface area contributed by atoms with Gasteiger partial charge in [-0.2, -0.15) is 0 Å². The molecule has 1 amide bonds. The Hall–Kier alpha value is -2.69. The molecule has 5 nitrogen and oxygen atoms in total. The van der Waals surface area contributed by atoms with E-state index in [1.54, 1.807) is 38.3 Å². The number of benzene rings is 2. The van der Waals surface area contributed by atoms with Gasteiger partial charge in [-0.15, -0.1) is 0 Å². The molecule has 0 fully saturated rings. The number of carbonyl (C=O) groups excluding carboxylic acids is 1. The quantitative estimate of drug-likeness (QED) is 0.714. The summed E-state index contributed by atoms with van der Waals surface area (Å²) in [7, 11) is 1.60. The summed E-state index contributed by atoms with van der Waals surface area (Å²) in [5.74, 6) is 1.97. The van der Waals surface area contributed by atoms with Crippen LogP contribution in [0.4, 0.5) is 0 Å². The van der Waals surface area contributed by atoms with Crippen molar-refractivity contribution in [3.05, 3.63) is 54.1 Å². The molecule has 1 atom stereocenters. The van der Waals surface area contributed by atoms with Gasteiger partial charge in [-0.3, -0.25) is 4.79 Å². The Morgan fingerprint density at radius 3 is 2.07 bits per heavy atom. The van der Waals surface area contributed by atoms with Crippen molar-refractivity contribution in [1.29, 1.82) is 0 Å². The molecule has 0 spiro atoms. The van der Waals surface area contributed by atoms with Crippen LogP contribution in [0.15, 0.2) is 48.5 Å².